The first-order chi connectivity index (χ1) is 8.79. The summed E-state index contributed by atoms with van der Waals surface area (Å²) in [6.45, 7) is 3.48. The fourth-order valence-electron chi connectivity index (χ4n) is 1.34. The summed E-state index contributed by atoms with van der Waals surface area (Å²) in [5, 5.41) is 5.31. The zero-order valence-electron chi connectivity index (χ0n) is 10.0. The summed E-state index contributed by atoms with van der Waals surface area (Å²) in [5.74, 6) is 1.39. The summed E-state index contributed by atoms with van der Waals surface area (Å²) in [6, 6.07) is 3.86. The average Bonchev–Trinajstić information content (AvgIpc) is 2.80. The number of anilines is 1. The van der Waals surface area contributed by atoms with E-state index in [0.29, 0.717) is 12.5 Å². The third-order valence-electron chi connectivity index (χ3n) is 2.22. The fourth-order valence-corrected chi connectivity index (χ4v) is 2.78. The molecule has 0 saturated carbocycles. The summed E-state index contributed by atoms with van der Waals surface area (Å²) >= 11 is 5.20. The van der Waals surface area contributed by atoms with Gasteiger partial charge in [0.05, 0.1) is 13.2 Å². The second kappa shape index (κ2) is 6.70. The highest BCUT2D eigenvalue weighted by molar-refractivity contribution is 9.10. The molecule has 0 aliphatic carbocycles. The van der Waals surface area contributed by atoms with Gasteiger partial charge in [-0.3, -0.25) is 0 Å². The number of nitrogens with one attached hydrogen (secondary N) is 1. The third kappa shape index (κ3) is 3.68. The molecular formula is C12H14BrN3OS. The molecule has 0 unspecified atom stereocenters. The zero-order chi connectivity index (χ0) is 12.8. The van der Waals surface area contributed by atoms with Crippen molar-refractivity contribution in [1.29, 1.82) is 0 Å². The molecule has 2 heterocycles. The van der Waals surface area contributed by atoms with E-state index in [9.17, 15) is 0 Å². The number of aromatic nitrogens is 2. The molecule has 96 valence electrons. The lowest BCUT2D eigenvalue weighted by molar-refractivity contribution is 0.305. The van der Waals surface area contributed by atoms with Crippen molar-refractivity contribution < 1.29 is 4.74 Å². The lowest BCUT2D eigenvalue weighted by Gasteiger charge is -2.07. The Morgan fingerprint density at radius 3 is 3.06 bits per heavy atom. The molecule has 0 bridgehead atoms. The Kier molecular flexibility index (Phi) is 4.95. The van der Waals surface area contributed by atoms with E-state index in [-0.39, 0.29) is 0 Å². The Hall–Kier alpha value is -1.14. The largest absolute Gasteiger partial charge is 0.478 e. The Morgan fingerprint density at radius 2 is 2.33 bits per heavy atom. The second-order valence-corrected chi connectivity index (χ2v) is 5.49. The maximum Gasteiger partial charge on any atom is 0.218 e. The van der Waals surface area contributed by atoms with Gasteiger partial charge in [-0.15, -0.1) is 11.3 Å². The minimum atomic E-state index is 0.611. The Morgan fingerprint density at radius 1 is 1.44 bits per heavy atom. The van der Waals surface area contributed by atoms with Crippen molar-refractivity contribution >= 4 is 33.1 Å². The summed E-state index contributed by atoms with van der Waals surface area (Å²) in [6.07, 6.45) is 2.48. The predicted octanol–water partition coefficient (Wildman–Crippen LogP) is 3.70. The van der Waals surface area contributed by atoms with E-state index in [0.717, 1.165) is 23.3 Å². The first kappa shape index (κ1) is 13.3. The van der Waals surface area contributed by atoms with E-state index in [2.05, 4.69) is 43.5 Å². The molecular weight excluding hydrogens is 314 g/mol. The minimum Gasteiger partial charge on any atom is -0.478 e. The smallest absolute Gasteiger partial charge is 0.218 e. The van der Waals surface area contributed by atoms with Crippen LogP contribution in [0.5, 0.6) is 5.88 Å². The maximum atomic E-state index is 5.46. The van der Waals surface area contributed by atoms with Gasteiger partial charge in [0.2, 0.25) is 5.88 Å². The quantitative estimate of drug-likeness (QED) is 0.878. The van der Waals surface area contributed by atoms with E-state index >= 15 is 0 Å². The first-order valence-corrected chi connectivity index (χ1v) is 7.37. The number of ether oxygens (including phenoxy) is 1. The monoisotopic (exact) mass is 327 g/mol. The minimum absolute atomic E-state index is 0.611. The molecule has 0 radical (unpaired) electrons. The summed E-state index contributed by atoms with van der Waals surface area (Å²) in [7, 11) is 0. The fraction of sp³-hybridized carbons (Fsp3) is 0.333. The van der Waals surface area contributed by atoms with Crippen LogP contribution in [0.25, 0.3) is 0 Å². The number of hydrogen-bond donors (Lipinski definition) is 1. The normalized spacial score (nSPS) is 10.3. The highest BCUT2D eigenvalue weighted by atomic mass is 79.9. The van der Waals surface area contributed by atoms with E-state index in [1.54, 1.807) is 11.3 Å². The van der Waals surface area contributed by atoms with Crippen molar-refractivity contribution in [3.05, 3.63) is 33.2 Å². The molecule has 2 rings (SSSR count). The topological polar surface area (TPSA) is 47.0 Å². The molecule has 2 aromatic rings. The molecule has 0 aliphatic heterocycles. The number of nitrogens with zero attached hydrogens (tertiary/aromatic N) is 2. The van der Waals surface area contributed by atoms with E-state index in [1.165, 1.54) is 11.2 Å². The van der Waals surface area contributed by atoms with E-state index in [4.69, 9.17) is 4.74 Å². The predicted molar refractivity (Wildman–Crippen MR) is 77.2 cm³/mol. The van der Waals surface area contributed by atoms with Crippen LogP contribution in [0.15, 0.2) is 28.3 Å². The van der Waals surface area contributed by atoms with Gasteiger partial charge < -0.3 is 10.1 Å². The van der Waals surface area contributed by atoms with Gasteiger partial charge in [-0.25, -0.2) is 9.97 Å². The molecule has 1 N–H and O–H groups in total. The van der Waals surface area contributed by atoms with Gasteiger partial charge in [0.25, 0.3) is 0 Å². The molecule has 0 aliphatic rings. The highest BCUT2D eigenvalue weighted by Crippen LogP contribution is 2.23. The van der Waals surface area contributed by atoms with Crippen molar-refractivity contribution in [3.8, 4) is 5.88 Å². The molecule has 0 atom stereocenters. The number of rotatable bonds is 6. The van der Waals surface area contributed by atoms with Crippen LogP contribution in [0.4, 0.5) is 5.82 Å². The highest BCUT2D eigenvalue weighted by Gasteiger charge is 2.03. The van der Waals surface area contributed by atoms with E-state index < -0.39 is 0 Å². The van der Waals surface area contributed by atoms with Gasteiger partial charge in [0.1, 0.15) is 12.1 Å². The molecule has 6 heteroatoms. The Balaban J connectivity index is 1.95. The van der Waals surface area contributed by atoms with E-state index in [1.807, 2.05) is 12.1 Å². The molecule has 0 fully saturated rings. The van der Waals surface area contributed by atoms with Gasteiger partial charge >= 0.3 is 0 Å². The lowest BCUT2D eigenvalue weighted by Crippen LogP contribution is -2.03. The summed E-state index contributed by atoms with van der Waals surface area (Å²) < 4.78 is 6.58. The van der Waals surface area contributed by atoms with Crippen molar-refractivity contribution in [2.24, 2.45) is 0 Å². The molecule has 0 aromatic carbocycles. The third-order valence-corrected chi connectivity index (χ3v) is 4.14. The maximum absolute atomic E-state index is 5.46. The molecule has 2 aromatic heterocycles. The standard InChI is InChI=1S/C12H14BrN3OS/c1-2-4-17-12-6-11(15-8-16-12)14-7-10-9(13)3-5-18-10/h3,5-6,8H,2,4,7H2,1H3,(H,14,15,16). The van der Waals surface area contributed by atoms with Gasteiger partial charge in [-0.2, -0.15) is 0 Å². The van der Waals surface area contributed by atoms with Crippen LogP contribution in [0.1, 0.15) is 18.2 Å². The van der Waals surface area contributed by atoms with Gasteiger partial charge in [-0.05, 0) is 33.8 Å². The number of thiophene rings is 1. The van der Waals surface area contributed by atoms with Crippen molar-refractivity contribution in [2.45, 2.75) is 19.9 Å². The van der Waals surface area contributed by atoms with Crippen LogP contribution in [0.2, 0.25) is 0 Å². The first-order valence-electron chi connectivity index (χ1n) is 5.70. The van der Waals surface area contributed by atoms with Crippen molar-refractivity contribution in [1.82, 2.24) is 9.97 Å². The average molecular weight is 328 g/mol. The van der Waals surface area contributed by atoms with Crippen LogP contribution < -0.4 is 10.1 Å². The number of hydrogen-bond acceptors (Lipinski definition) is 5. The van der Waals surface area contributed by atoms with Crippen molar-refractivity contribution in [3.63, 3.8) is 0 Å². The van der Waals surface area contributed by atoms with Gasteiger partial charge in [-0.1, -0.05) is 6.92 Å². The number of halogens is 1. The molecule has 4 nitrogen and oxygen atoms in total. The van der Waals surface area contributed by atoms with Crippen LogP contribution >= 0.6 is 27.3 Å². The van der Waals surface area contributed by atoms with Crippen LogP contribution in [-0.4, -0.2) is 16.6 Å². The summed E-state index contributed by atoms with van der Waals surface area (Å²) in [5.41, 5.74) is 0. The molecule has 0 amide bonds. The zero-order valence-corrected chi connectivity index (χ0v) is 12.4. The molecule has 0 spiro atoms. The van der Waals surface area contributed by atoms with Crippen molar-refractivity contribution in [2.75, 3.05) is 11.9 Å². The molecule has 18 heavy (non-hydrogen) atoms. The Bertz CT molecular complexity index is 504. The van der Waals surface area contributed by atoms with Crippen LogP contribution in [0, 0.1) is 0 Å². The van der Waals surface area contributed by atoms with Crippen LogP contribution in [-0.2, 0) is 6.54 Å². The van der Waals surface area contributed by atoms with Gasteiger partial charge in [0, 0.05) is 15.4 Å². The second-order valence-electron chi connectivity index (χ2n) is 3.64. The van der Waals surface area contributed by atoms with Crippen LogP contribution in [0.3, 0.4) is 0 Å². The summed E-state index contributed by atoms with van der Waals surface area (Å²) in [4.78, 5) is 9.46. The SMILES string of the molecule is CCCOc1cc(NCc2sccc2Br)ncn1. The molecule has 0 saturated heterocycles. The van der Waals surface area contributed by atoms with Gasteiger partial charge in [0.15, 0.2) is 0 Å². The Labute approximate surface area is 119 Å². The lowest BCUT2D eigenvalue weighted by atomic mass is 10.4.